The average Bonchev–Trinajstić information content (AvgIpc) is 3.99. The Kier molecular flexibility index (Phi) is 18.8. The SMILES string of the molecule is COc1ccc(C(OC[C@H]2O[C@@H](n3cnc4c(NC(=O)c5ccccc5)ncnc43)[C@H](OCC(=O)NCCNC(=O)C(F)(F)F)[C@@H]2OP(OCCC#N)N(C(C)C)C(C)C)(c2ccccc2)c2ccccc2)cc1. The maximum atomic E-state index is 13.5. The molecule has 2 aromatic heterocycles. The van der Waals surface area contributed by atoms with Crippen LogP contribution in [0.4, 0.5) is 19.0 Å². The van der Waals surface area contributed by atoms with Crippen LogP contribution in [0.15, 0.2) is 128 Å². The number of aromatic nitrogens is 4. The summed E-state index contributed by atoms with van der Waals surface area (Å²) in [5.74, 6) is -2.62. The van der Waals surface area contributed by atoms with Crippen LogP contribution in [0.3, 0.4) is 0 Å². The molecule has 4 aromatic carbocycles. The number of rotatable bonds is 24. The molecule has 0 radical (unpaired) electrons. The minimum Gasteiger partial charge on any atom is -0.497 e. The molecule has 0 saturated carbocycles. The van der Waals surface area contributed by atoms with Gasteiger partial charge in [-0.15, -0.1) is 0 Å². The smallest absolute Gasteiger partial charge is 0.471 e. The average molecular weight is 1040 g/mol. The number of nitriles is 1. The van der Waals surface area contributed by atoms with Crippen molar-refractivity contribution in [2.24, 2.45) is 0 Å². The maximum Gasteiger partial charge on any atom is 0.471 e. The second kappa shape index (κ2) is 25.4. The van der Waals surface area contributed by atoms with Crippen molar-refractivity contribution in [1.82, 2.24) is 34.8 Å². The van der Waals surface area contributed by atoms with Crippen LogP contribution in [0.25, 0.3) is 11.2 Å². The van der Waals surface area contributed by atoms with Gasteiger partial charge in [0.25, 0.3) is 14.4 Å². The lowest BCUT2D eigenvalue weighted by molar-refractivity contribution is -0.173. The Morgan fingerprint density at radius 1 is 0.824 bits per heavy atom. The highest BCUT2D eigenvalue weighted by Crippen LogP contribution is 2.51. The first-order valence-corrected chi connectivity index (χ1v) is 24.9. The molecule has 5 atom stereocenters. The lowest BCUT2D eigenvalue weighted by Crippen LogP contribution is -2.44. The number of ether oxygens (including phenoxy) is 4. The van der Waals surface area contributed by atoms with Crippen molar-refractivity contribution in [2.75, 3.05) is 45.3 Å². The molecule has 7 rings (SSSR count). The predicted octanol–water partition coefficient (Wildman–Crippen LogP) is 7.83. The van der Waals surface area contributed by atoms with Gasteiger partial charge < -0.3 is 43.9 Å². The molecule has 74 heavy (non-hydrogen) atoms. The highest BCUT2D eigenvalue weighted by Gasteiger charge is 2.52. The number of anilines is 1. The van der Waals surface area contributed by atoms with Gasteiger partial charge in [-0.3, -0.25) is 19.0 Å². The highest BCUT2D eigenvalue weighted by molar-refractivity contribution is 7.44. The molecule has 22 heteroatoms. The largest absolute Gasteiger partial charge is 0.497 e. The van der Waals surface area contributed by atoms with E-state index in [4.69, 9.17) is 28.0 Å². The number of nitrogens with one attached hydrogen (secondary N) is 3. The van der Waals surface area contributed by atoms with Crippen molar-refractivity contribution >= 4 is 43.2 Å². The zero-order valence-corrected chi connectivity index (χ0v) is 42.2. The number of fused-ring (bicyclic) bond motifs is 1. The molecule has 0 aliphatic carbocycles. The quantitative estimate of drug-likeness (QED) is 0.0300. The summed E-state index contributed by atoms with van der Waals surface area (Å²) in [6, 6.07) is 37.2. The number of nitrogens with zero attached hydrogens (tertiary/aromatic N) is 6. The predicted molar refractivity (Wildman–Crippen MR) is 267 cm³/mol. The molecule has 390 valence electrons. The van der Waals surface area contributed by atoms with Gasteiger partial charge in [0.15, 0.2) is 23.2 Å². The normalized spacial score (nSPS) is 17.3. The molecule has 0 bridgehead atoms. The van der Waals surface area contributed by atoms with Gasteiger partial charge in [0.05, 0.1) is 39.1 Å². The van der Waals surface area contributed by atoms with E-state index in [1.165, 1.54) is 12.7 Å². The number of imidazole rings is 1. The molecule has 1 fully saturated rings. The van der Waals surface area contributed by atoms with E-state index in [-0.39, 0.29) is 55.2 Å². The van der Waals surface area contributed by atoms with Gasteiger partial charge >= 0.3 is 12.1 Å². The third-order valence-corrected chi connectivity index (χ3v) is 13.9. The third-order valence-electron chi connectivity index (χ3n) is 11.8. The molecule has 1 aliphatic heterocycles. The summed E-state index contributed by atoms with van der Waals surface area (Å²) in [6.45, 7) is 6.18. The summed E-state index contributed by atoms with van der Waals surface area (Å²) in [5, 5.41) is 16.6. The van der Waals surface area contributed by atoms with Crippen LogP contribution < -0.4 is 20.7 Å². The van der Waals surface area contributed by atoms with Crippen LogP contribution in [0.2, 0.25) is 0 Å². The number of amides is 3. The van der Waals surface area contributed by atoms with Gasteiger partial charge in [-0.25, -0.2) is 19.6 Å². The van der Waals surface area contributed by atoms with Crippen molar-refractivity contribution in [3.63, 3.8) is 0 Å². The fraction of sp³-hybridized carbons (Fsp3) is 0.365. The van der Waals surface area contributed by atoms with E-state index in [1.54, 1.807) is 47.3 Å². The molecule has 1 unspecified atom stereocenters. The Bertz CT molecular complexity index is 2780. The second-order valence-electron chi connectivity index (χ2n) is 17.4. The first-order valence-electron chi connectivity index (χ1n) is 23.7. The Hall–Kier alpha value is -6.89. The van der Waals surface area contributed by atoms with Gasteiger partial charge in [-0.2, -0.15) is 18.4 Å². The molecular weight excluding hydrogens is 983 g/mol. The minimum atomic E-state index is -5.11. The summed E-state index contributed by atoms with van der Waals surface area (Å²) >= 11 is 0. The van der Waals surface area contributed by atoms with E-state index < -0.39 is 75.7 Å². The minimum absolute atomic E-state index is 0.0122. The number of alkyl halides is 3. The fourth-order valence-electron chi connectivity index (χ4n) is 8.50. The van der Waals surface area contributed by atoms with Gasteiger partial charge in [-0.05, 0) is 68.7 Å². The van der Waals surface area contributed by atoms with Crippen molar-refractivity contribution in [2.45, 2.75) is 82.5 Å². The number of methoxy groups -OCH3 is 1. The van der Waals surface area contributed by atoms with Crippen molar-refractivity contribution in [3.05, 3.63) is 150 Å². The van der Waals surface area contributed by atoms with E-state index in [2.05, 4.69) is 31.7 Å². The maximum absolute atomic E-state index is 13.5. The Morgan fingerprint density at radius 2 is 1.43 bits per heavy atom. The molecule has 1 saturated heterocycles. The Labute approximate surface area is 427 Å². The van der Waals surface area contributed by atoms with Crippen molar-refractivity contribution in [3.8, 4) is 11.8 Å². The van der Waals surface area contributed by atoms with Crippen LogP contribution in [-0.4, -0.2) is 119 Å². The van der Waals surface area contributed by atoms with Gasteiger partial charge in [0.1, 0.15) is 42.6 Å². The first kappa shape index (κ1) is 54.9. The van der Waals surface area contributed by atoms with Crippen LogP contribution in [0.5, 0.6) is 5.75 Å². The topological polar surface area (TPSA) is 213 Å². The summed E-state index contributed by atoms with van der Waals surface area (Å²) in [6.07, 6.45) is -7.03. The lowest BCUT2D eigenvalue weighted by atomic mass is 9.80. The van der Waals surface area contributed by atoms with E-state index in [9.17, 15) is 32.8 Å². The lowest BCUT2D eigenvalue weighted by Gasteiger charge is -2.39. The highest BCUT2D eigenvalue weighted by atomic mass is 31.2. The Morgan fingerprint density at radius 3 is 2.03 bits per heavy atom. The third kappa shape index (κ3) is 13.1. The molecule has 0 spiro atoms. The Balaban J connectivity index is 1.34. The summed E-state index contributed by atoms with van der Waals surface area (Å²) < 4.78 is 82.4. The second-order valence-corrected chi connectivity index (χ2v) is 18.8. The molecule has 3 amide bonds. The summed E-state index contributed by atoms with van der Waals surface area (Å²) in [7, 11) is -0.455. The van der Waals surface area contributed by atoms with E-state index in [0.717, 1.165) is 16.7 Å². The fourth-order valence-corrected chi connectivity index (χ4v) is 10.3. The summed E-state index contributed by atoms with van der Waals surface area (Å²) in [5.41, 5.74) is 1.76. The van der Waals surface area contributed by atoms with Gasteiger partial charge in [0, 0.05) is 30.7 Å². The number of benzene rings is 4. The van der Waals surface area contributed by atoms with Gasteiger partial charge in [0.2, 0.25) is 5.91 Å². The monoisotopic (exact) mass is 1040 g/mol. The number of halogens is 3. The van der Waals surface area contributed by atoms with E-state index in [1.807, 2.05) is 117 Å². The standard InChI is InChI=1S/C52H57F3N9O9P/c1-34(2)64(35(3)4)74(71-29-15-26-56)73-44-41(30-70-51(37-18-11-7-12-19-37,38-20-13-8-14-21-38)39-22-24-40(68-5)25-23-39)72-49(45(44)69-31-42(65)57-27-28-58-50(67)52(53,54)55)63-33-61-43-46(59-32-60-47(43)63)62-48(66)36-16-9-6-10-17-36/h6-14,16-25,32-35,41,44-45,49H,15,27-31H2,1-5H3,(H,57,65)(H,58,67)(H,59,60,62,66)/t41-,44-,45-,49-,74?/m1/s1. The van der Waals surface area contributed by atoms with E-state index in [0.29, 0.717) is 11.3 Å². The van der Waals surface area contributed by atoms with Crippen LogP contribution in [-0.2, 0) is 38.4 Å². The first-order chi connectivity index (χ1) is 35.7. The van der Waals surface area contributed by atoms with Crippen LogP contribution in [0.1, 0.15) is 67.4 Å². The van der Waals surface area contributed by atoms with Crippen molar-refractivity contribution in [1.29, 1.82) is 5.26 Å². The zero-order chi connectivity index (χ0) is 52.8. The van der Waals surface area contributed by atoms with Crippen LogP contribution >= 0.6 is 8.53 Å². The van der Waals surface area contributed by atoms with Crippen molar-refractivity contribution < 1.29 is 55.5 Å². The molecule has 3 heterocycles. The number of carbonyl (C=O) groups excluding carboxylic acids is 3. The van der Waals surface area contributed by atoms with Gasteiger partial charge in [-0.1, -0.05) is 91.0 Å². The number of carbonyl (C=O) groups is 3. The van der Waals surface area contributed by atoms with E-state index >= 15 is 0 Å². The molecule has 1 aliphatic rings. The summed E-state index contributed by atoms with van der Waals surface area (Å²) in [4.78, 5) is 51.9. The molecule has 6 aromatic rings. The molecule has 3 N–H and O–H groups in total. The molecular formula is C52H57F3N9O9P. The number of hydrogen-bond donors (Lipinski definition) is 3. The molecule has 18 nitrogen and oxygen atoms in total. The number of hydrogen-bond acceptors (Lipinski definition) is 14. The zero-order valence-electron chi connectivity index (χ0n) is 41.3. The van der Waals surface area contributed by atoms with Crippen LogP contribution in [0, 0.1) is 11.3 Å².